The fourth-order valence-electron chi connectivity index (χ4n) is 2.92. The third kappa shape index (κ3) is 3.95. The number of anilines is 2. The summed E-state index contributed by atoms with van der Waals surface area (Å²) in [7, 11) is 3.21. The minimum atomic E-state index is 0.631. The standard InChI is InChI=1S/C22H21N3O3S/c1-13-14(2)29-22(24-13)25-15-5-7-16(8-6-15)28-19-9-10-23-18-12-21(27-4)20(26-3)11-17(18)19/h5-12H,1-4H3,(H,24,25). The highest BCUT2D eigenvalue weighted by molar-refractivity contribution is 7.15. The van der Waals surface area contributed by atoms with Crippen molar-refractivity contribution in [3.63, 3.8) is 0 Å². The number of nitrogens with zero attached hydrogens (tertiary/aromatic N) is 2. The maximum absolute atomic E-state index is 6.12. The van der Waals surface area contributed by atoms with E-state index >= 15 is 0 Å². The van der Waals surface area contributed by atoms with E-state index in [0.29, 0.717) is 17.2 Å². The van der Waals surface area contributed by atoms with E-state index < -0.39 is 0 Å². The molecule has 4 rings (SSSR count). The number of methoxy groups -OCH3 is 2. The van der Waals surface area contributed by atoms with E-state index in [4.69, 9.17) is 14.2 Å². The molecule has 148 valence electrons. The van der Waals surface area contributed by atoms with Crippen LogP contribution in [0, 0.1) is 13.8 Å². The van der Waals surface area contributed by atoms with E-state index in [-0.39, 0.29) is 0 Å². The van der Waals surface area contributed by atoms with Gasteiger partial charge < -0.3 is 19.5 Å². The number of benzene rings is 2. The zero-order chi connectivity index (χ0) is 20.4. The summed E-state index contributed by atoms with van der Waals surface area (Å²) in [6, 6.07) is 13.3. The van der Waals surface area contributed by atoms with Gasteiger partial charge in [0.05, 0.1) is 25.4 Å². The first-order valence-corrected chi connectivity index (χ1v) is 9.88. The molecule has 0 atom stereocenters. The number of hydrogen-bond acceptors (Lipinski definition) is 7. The lowest BCUT2D eigenvalue weighted by Gasteiger charge is -2.12. The minimum absolute atomic E-state index is 0.631. The average Bonchev–Trinajstić information content (AvgIpc) is 3.05. The summed E-state index contributed by atoms with van der Waals surface area (Å²) in [5.74, 6) is 2.69. The molecule has 7 heteroatoms. The molecule has 2 aromatic carbocycles. The van der Waals surface area contributed by atoms with Crippen molar-refractivity contribution < 1.29 is 14.2 Å². The van der Waals surface area contributed by atoms with E-state index in [1.165, 1.54) is 4.88 Å². The first-order valence-electron chi connectivity index (χ1n) is 9.07. The highest BCUT2D eigenvalue weighted by Crippen LogP contribution is 2.37. The molecule has 4 aromatic rings. The van der Waals surface area contributed by atoms with Crippen molar-refractivity contribution in [3.8, 4) is 23.0 Å². The molecule has 0 amide bonds. The van der Waals surface area contributed by atoms with Crippen LogP contribution in [0.3, 0.4) is 0 Å². The van der Waals surface area contributed by atoms with Crippen LogP contribution in [0.5, 0.6) is 23.0 Å². The minimum Gasteiger partial charge on any atom is -0.493 e. The van der Waals surface area contributed by atoms with Crippen LogP contribution >= 0.6 is 11.3 Å². The van der Waals surface area contributed by atoms with Gasteiger partial charge in [-0.15, -0.1) is 11.3 Å². The van der Waals surface area contributed by atoms with Crippen LogP contribution < -0.4 is 19.5 Å². The molecule has 0 fully saturated rings. The maximum Gasteiger partial charge on any atom is 0.187 e. The van der Waals surface area contributed by atoms with E-state index in [9.17, 15) is 0 Å². The van der Waals surface area contributed by atoms with Crippen molar-refractivity contribution in [3.05, 3.63) is 59.2 Å². The molecule has 0 radical (unpaired) electrons. The number of fused-ring (bicyclic) bond motifs is 1. The summed E-state index contributed by atoms with van der Waals surface area (Å²) in [5, 5.41) is 5.06. The Bertz CT molecular complexity index is 1140. The van der Waals surface area contributed by atoms with Crippen molar-refractivity contribution in [2.24, 2.45) is 0 Å². The lowest BCUT2D eigenvalue weighted by atomic mass is 10.2. The Hall–Kier alpha value is -3.32. The fourth-order valence-corrected chi connectivity index (χ4v) is 3.75. The molecule has 0 aliphatic rings. The number of ether oxygens (including phenoxy) is 3. The van der Waals surface area contributed by atoms with Gasteiger partial charge in [0.25, 0.3) is 0 Å². The predicted octanol–water partition coefficient (Wildman–Crippen LogP) is 5.86. The summed E-state index contributed by atoms with van der Waals surface area (Å²) in [6.45, 7) is 4.08. The lowest BCUT2D eigenvalue weighted by molar-refractivity contribution is 0.355. The van der Waals surface area contributed by atoms with Crippen molar-refractivity contribution in [1.82, 2.24) is 9.97 Å². The second-order valence-electron chi connectivity index (χ2n) is 6.45. The Morgan fingerprint density at radius 1 is 0.897 bits per heavy atom. The number of aromatic nitrogens is 2. The second kappa shape index (κ2) is 7.97. The van der Waals surface area contributed by atoms with Crippen molar-refractivity contribution >= 4 is 33.1 Å². The van der Waals surface area contributed by atoms with Crippen LogP contribution in [0.4, 0.5) is 10.8 Å². The number of hydrogen-bond donors (Lipinski definition) is 1. The average molecular weight is 407 g/mol. The molecule has 0 bridgehead atoms. The summed E-state index contributed by atoms with van der Waals surface area (Å²) < 4.78 is 16.9. The van der Waals surface area contributed by atoms with Crippen LogP contribution in [0.1, 0.15) is 10.6 Å². The normalized spacial score (nSPS) is 10.8. The van der Waals surface area contributed by atoms with Crippen LogP contribution in [-0.2, 0) is 0 Å². The molecule has 6 nitrogen and oxygen atoms in total. The van der Waals surface area contributed by atoms with E-state index in [2.05, 4.69) is 22.2 Å². The van der Waals surface area contributed by atoms with Crippen LogP contribution in [0.2, 0.25) is 0 Å². The van der Waals surface area contributed by atoms with Gasteiger partial charge in [0.15, 0.2) is 16.6 Å². The molecule has 1 N–H and O–H groups in total. The summed E-state index contributed by atoms with van der Waals surface area (Å²) >= 11 is 1.64. The molecule has 2 heterocycles. The van der Waals surface area contributed by atoms with Gasteiger partial charge in [0.1, 0.15) is 11.5 Å². The van der Waals surface area contributed by atoms with Crippen molar-refractivity contribution in [1.29, 1.82) is 0 Å². The molecule has 0 spiro atoms. The fraction of sp³-hybridized carbons (Fsp3) is 0.182. The van der Waals surface area contributed by atoms with Gasteiger partial charge >= 0.3 is 0 Å². The van der Waals surface area contributed by atoms with Gasteiger partial charge in [-0.2, -0.15) is 0 Å². The Morgan fingerprint density at radius 3 is 2.28 bits per heavy atom. The number of aryl methyl sites for hydroxylation is 2. The largest absolute Gasteiger partial charge is 0.493 e. The molecular formula is C22H21N3O3S. The highest BCUT2D eigenvalue weighted by Gasteiger charge is 2.11. The Kier molecular flexibility index (Phi) is 5.22. The third-order valence-electron chi connectivity index (χ3n) is 4.57. The zero-order valence-electron chi connectivity index (χ0n) is 16.6. The van der Waals surface area contributed by atoms with Crippen molar-refractivity contribution in [2.75, 3.05) is 19.5 Å². The number of pyridine rings is 1. The van der Waals surface area contributed by atoms with Crippen molar-refractivity contribution in [2.45, 2.75) is 13.8 Å². The topological polar surface area (TPSA) is 65.5 Å². The van der Waals surface area contributed by atoms with E-state index in [1.54, 1.807) is 31.8 Å². The number of rotatable bonds is 6. The van der Waals surface area contributed by atoms with E-state index in [0.717, 1.165) is 33.2 Å². The van der Waals surface area contributed by atoms with Gasteiger partial charge in [-0.25, -0.2) is 4.98 Å². The molecule has 0 saturated heterocycles. The van der Waals surface area contributed by atoms with E-state index in [1.807, 2.05) is 49.4 Å². The Labute approximate surface area is 173 Å². The molecule has 29 heavy (non-hydrogen) atoms. The van der Waals surface area contributed by atoms with Gasteiger partial charge in [0, 0.05) is 28.2 Å². The first kappa shape index (κ1) is 19.0. The second-order valence-corrected chi connectivity index (χ2v) is 7.65. The molecule has 0 unspecified atom stereocenters. The lowest BCUT2D eigenvalue weighted by Crippen LogP contribution is -1.93. The van der Waals surface area contributed by atoms with Gasteiger partial charge in [-0.05, 0) is 50.2 Å². The number of nitrogens with one attached hydrogen (secondary N) is 1. The first-order chi connectivity index (χ1) is 14.1. The summed E-state index contributed by atoms with van der Waals surface area (Å²) in [4.78, 5) is 10.1. The smallest absolute Gasteiger partial charge is 0.187 e. The monoisotopic (exact) mass is 407 g/mol. The van der Waals surface area contributed by atoms with Crippen LogP contribution in [0.15, 0.2) is 48.7 Å². The Balaban J connectivity index is 1.58. The van der Waals surface area contributed by atoms with Crippen LogP contribution in [0.25, 0.3) is 10.9 Å². The maximum atomic E-state index is 6.12. The molecular weight excluding hydrogens is 386 g/mol. The van der Waals surface area contributed by atoms with Gasteiger partial charge in [0.2, 0.25) is 0 Å². The van der Waals surface area contributed by atoms with Gasteiger partial charge in [-0.1, -0.05) is 0 Å². The zero-order valence-corrected chi connectivity index (χ0v) is 17.5. The summed E-state index contributed by atoms with van der Waals surface area (Å²) in [5.41, 5.74) is 2.78. The molecule has 0 aliphatic heterocycles. The molecule has 2 aromatic heterocycles. The molecule has 0 aliphatic carbocycles. The predicted molar refractivity (Wildman–Crippen MR) is 116 cm³/mol. The summed E-state index contributed by atoms with van der Waals surface area (Å²) in [6.07, 6.45) is 1.71. The Morgan fingerprint density at radius 2 is 1.62 bits per heavy atom. The quantitative estimate of drug-likeness (QED) is 0.432. The highest BCUT2D eigenvalue weighted by atomic mass is 32.1. The van der Waals surface area contributed by atoms with Crippen LogP contribution in [-0.4, -0.2) is 24.2 Å². The number of thiazole rings is 1. The SMILES string of the molecule is COc1cc2nccc(Oc3ccc(Nc4nc(C)c(C)s4)cc3)c2cc1OC. The molecule has 0 saturated carbocycles. The third-order valence-corrected chi connectivity index (χ3v) is 5.56. The van der Waals surface area contributed by atoms with Gasteiger partial charge in [-0.3, -0.25) is 4.98 Å².